The van der Waals surface area contributed by atoms with Crippen LogP contribution in [0.5, 0.6) is 0 Å². The third kappa shape index (κ3) is 3.17. The molecule has 2 aromatic rings. The van der Waals surface area contributed by atoms with Gasteiger partial charge in [-0.2, -0.15) is 5.10 Å². The van der Waals surface area contributed by atoms with Crippen molar-refractivity contribution >= 4 is 21.7 Å². The fourth-order valence-electron chi connectivity index (χ4n) is 3.38. The zero-order chi connectivity index (χ0) is 15.5. The molecule has 1 aromatic carbocycles. The third-order valence-corrected chi connectivity index (χ3v) is 5.04. The van der Waals surface area contributed by atoms with Crippen LogP contribution in [0.1, 0.15) is 45.1 Å². The van der Waals surface area contributed by atoms with Crippen LogP contribution in [0.2, 0.25) is 0 Å². The molecule has 3 rings (SSSR count). The van der Waals surface area contributed by atoms with Crippen molar-refractivity contribution in [1.29, 1.82) is 0 Å². The Labute approximate surface area is 139 Å². The fourth-order valence-corrected chi connectivity index (χ4v) is 3.64. The molecule has 0 N–H and O–H groups in total. The molecule has 0 unspecified atom stereocenters. The van der Waals surface area contributed by atoms with Crippen LogP contribution in [-0.4, -0.2) is 15.6 Å². The standard InChI is InChI=1S/C18H21BrN2O/c1-2-3-18(22)14-6-9-16(12-14)21-17(10-11-20-21)13-4-7-15(19)8-5-13/h4-5,7-8,10-11,14,16H,2-3,6,9,12H2,1H3/t14-,16+/m0/s1. The molecular weight excluding hydrogens is 340 g/mol. The summed E-state index contributed by atoms with van der Waals surface area (Å²) in [5.74, 6) is 0.661. The summed E-state index contributed by atoms with van der Waals surface area (Å²) in [5, 5.41) is 4.53. The summed E-state index contributed by atoms with van der Waals surface area (Å²) in [6, 6.07) is 10.7. The highest BCUT2D eigenvalue weighted by Gasteiger charge is 2.31. The van der Waals surface area contributed by atoms with E-state index >= 15 is 0 Å². The Balaban J connectivity index is 1.78. The first kappa shape index (κ1) is 15.5. The van der Waals surface area contributed by atoms with Gasteiger partial charge in [-0.3, -0.25) is 9.48 Å². The highest BCUT2D eigenvalue weighted by atomic mass is 79.9. The summed E-state index contributed by atoms with van der Waals surface area (Å²) in [5.41, 5.74) is 2.31. The van der Waals surface area contributed by atoms with Crippen molar-refractivity contribution in [3.63, 3.8) is 0 Å². The zero-order valence-electron chi connectivity index (χ0n) is 12.8. The first-order valence-electron chi connectivity index (χ1n) is 8.01. The first-order chi connectivity index (χ1) is 10.7. The van der Waals surface area contributed by atoms with Crippen LogP contribution in [-0.2, 0) is 4.79 Å². The number of hydrogen-bond acceptors (Lipinski definition) is 2. The Hall–Kier alpha value is -1.42. The van der Waals surface area contributed by atoms with Gasteiger partial charge in [0.15, 0.2) is 0 Å². The van der Waals surface area contributed by atoms with E-state index in [-0.39, 0.29) is 5.92 Å². The SMILES string of the molecule is CCCC(=O)[C@H]1CC[C@@H](n2nccc2-c2ccc(Br)cc2)C1. The number of ketones is 1. The second-order valence-electron chi connectivity index (χ2n) is 6.05. The van der Waals surface area contributed by atoms with Gasteiger partial charge in [0.05, 0.1) is 11.7 Å². The number of rotatable bonds is 5. The van der Waals surface area contributed by atoms with Gasteiger partial charge in [-0.15, -0.1) is 0 Å². The van der Waals surface area contributed by atoms with Gasteiger partial charge in [0.2, 0.25) is 0 Å². The number of benzene rings is 1. The molecule has 1 heterocycles. The van der Waals surface area contributed by atoms with Crippen molar-refractivity contribution in [2.45, 2.75) is 45.1 Å². The molecule has 2 atom stereocenters. The number of nitrogens with zero attached hydrogens (tertiary/aromatic N) is 2. The molecule has 0 spiro atoms. The van der Waals surface area contributed by atoms with E-state index in [1.165, 1.54) is 5.56 Å². The van der Waals surface area contributed by atoms with Crippen LogP contribution in [0.4, 0.5) is 0 Å². The van der Waals surface area contributed by atoms with Crippen LogP contribution >= 0.6 is 15.9 Å². The maximum atomic E-state index is 12.1. The van der Waals surface area contributed by atoms with Gasteiger partial charge in [0.25, 0.3) is 0 Å². The minimum absolute atomic E-state index is 0.229. The lowest BCUT2D eigenvalue weighted by Gasteiger charge is -2.15. The van der Waals surface area contributed by atoms with Gasteiger partial charge >= 0.3 is 0 Å². The van der Waals surface area contributed by atoms with E-state index < -0.39 is 0 Å². The molecule has 22 heavy (non-hydrogen) atoms. The topological polar surface area (TPSA) is 34.9 Å². The summed E-state index contributed by atoms with van der Waals surface area (Å²) >= 11 is 3.47. The molecule has 0 saturated heterocycles. The first-order valence-corrected chi connectivity index (χ1v) is 8.80. The van der Waals surface area contributed by atoms with E-state index in [9.17, 15) is 4.79 Å². The van der Waals surface area contributed by atoms with Crippen molar-refractivity contribution in [2.75, 3.05) is 0 Å². The third-order valence-electron chi connectivity index (χ3n) is 4.51. The average molecular weight is 361 g/mol. The molecule has 1 aromatic heterocycles. The van der Waals surface area contributed by atoms with Crippen molar-refractivity contribution in [3.8, 4) is 11.3 Å². The number of halogens is 1. The van der Waals surface area contributed by atoms with E-state index in [0.29, 0.717) is 11.8 Å². The highest BCUT2D eigenvalue weighted by Crippen LogP contribution is 2.37. The molecule has 1 aliphatic carbocycles. The minimum atomic E-state index is 0.229. The lowest BCUT2D eigenvalue weighted by Crippen LogP contribution is -2.13. The number of carbonyl (C=O) groups excluding carboxylic acids is 1. The molecule has 4 heteroatoms. The second-order valence-corrected chi connectivity index (χ2v) is 6.96. The maximum absolute atomic E-state index is 12.1. The van der Waals surface area contributed by atoms with Gasteiger partial charge in [-0.25, -0.2) is 0 Å². The average Bonchev–Trinajstić information content (AvgIpc) is 3.17. The lowest BCUT2D eigenvalue weighted by molar-refractivity contribution is -0.122. The van der Waals surface area contributed by atoms with E-state index in [2.05, 4.69) is 63.0 Å². The maximum Gasteiger partial charge on any atom is 0.136 e. The molecule has 0 bridgehead atoms. The molecule has 116 valence electrons. The Morgan fingerprint density at radius 3 is 2.77 bits per heavy atom. The Morgan fingerprint density at radius 1 is 1.27 bits per heavy atom. The Morgan fingerprint density at radius 2 is 2.05 bits per heavy atom. The van der Waals surface area contributed by atoms with Crippen molar-refractivity contribution in [3.05, 3.63) is 41.0 Å². The van der Waals surface area contributed by atoms with Crippen LogP contribution in [0.3, 0.4) is 0 Å². The normalized spacial score (nSPS) is 21.2. The lowest BCUT2D eigenvalue weighted by atomic mass is 9.99. The van der Waals surface area contributed by atoms with Crippen LogP contribution < -0.4 is 0 Å². The van der Waals surface area contributed by atoms with Gasteiger partial charge in [-0.05, 0) is 49.4 Å². The van der Waals surface area contributed by atoms with Crippen LogP contribution in [0.15, 0.2) is 41.0 Å². The van der Waals surface area contributed by atoms with Crippen molar-refractivity contribution in [1.82, 2.24) is 9.78 Å². The molecule has 0 aliphatic heterocycles. The zero-order valence-corrected chi connectivity index (χ0v) is 14.4. The smallest absolute Gasteiger partial charge is 0.136 e. The van der Waals surface area contributed by atoms with Gasteiger partial charge in [0.1, 0.15) is 5.78 Å². The number of aromatic nitrogens is 2. The monoisotopic (exact) mass is 360 g/mol. The molecule has 0 radical (unpaired) electrons. The highest BCUT2D eigenvalue weighted by molar-refractivity contribution is 9.10. The minimum Gasteiger partial charge on any atom is -0.299 e. The summed E-state index contributed by atoms with van der Waals surface area (Å²) in [6.07, 6.45) is 6.51. The molecule has 1 aliphatic rings. The van der Waals surface area contributed by atoms with Gasteiger partial charge < -0.3 is 0 Å². The summed E-state index contributed by atoms with van der Waals surface area (Å²) in [6.45, 7) is 2.07. The molecule has 0 amide bonds. The van der Waals surface area contributed by atoms with E-state index in [4.69, 9.17) is 0 Å². The van der Waals surface area contributed by atoms with Gasteiger partial charge in [-0.1, -0.05) is 35.0 Å². The Kier molecular flexibility index (Phi) is 4.77. The number of carbonyl (C=O) groups is 1. The summed E-state index contributed by atoms with van der Waals surface area (Å²) in [4.78, 5) is 12.1. The van der Waals surface area contributed by atoms with Crippen molar-refractivity contribution in [2.24, 2.45) is 5.92 Å². The fraction of sp³-hybridized carbons (Fsp3) is 0.444. The van der Waals surface area contributed by atoms with E-state index in [0.717, 1.165) is 42.3 Å². The second kappa shape index (κ2) is 6.78. The predicted molar refractivity (Wildman–Crippen MR) is 91.7 cm³/mol. The van der Waals surface area contributed by atoms with Crippen LogP contribution in [0.25, 0.3) is 11.3 Å². The largest absolute Gasteiger partial charge is 0.299 e. The quantitative estimate of drug-likeness (QED) is 0.749. The summed E-state index contributed by atoms with van der Waals surface area (Å²) in [7, 11) is 0. The number of hydrogen-bond donors (Lipinski definition) is 0. The summed E-state index contributed by atoms with van der Waals surface area (Å²) < 4.78 is 3.19. The molecule has 3 nitrogen and oxygen atoms in total. The number of Topliss-reactive ketones (excluding diaryl/α,β-unsaturated/α-hetero) is 1. The Bertz CT molecular complexity index is 647. The van der Waals surface area contributed by atoms with Crippen molar-refractivity contribution < 1.29 is 4.79 Å². The van der Waals surface area contributed by atoms with E-state index in [1.807, 2.05) is 6.20 Å². The van der Waals surface area contributed by atoms with E-state index in [1.54, 1.807) is 0 Å². The van der Waals surface area contributed by atoms with Crippen LogP contribution in [0, 0.1) is 5.92 Å². The molecule has 1 saturated carbocycles. The molecule has 1 fully saturated rings. The predicted octanol–water partition coefficient (Wildman–Crippen LogP) is 5.02. The molecular formula is C18H21BrN2O. The van der Waals surface area contributed by atoms with Gasteiger partial charge in [0, 0.05) is 23.0 Å².